The number of primary amides is 1. The number of fused-ring (bicyclic) bond motifs is 1. The van der Waals surface area contributed by atoms with Crippen molar-refractivity contribution in [3.8, 4) is 0 Å². The van der Waals surface area contributed by atoms with Gasteiger partial charge in [-0.25, -0.2) is 0 Å². The standard InChI is InChI=1S/C18H22N4O6S/c1-9(15(26)21-11(14(19)25)7-8-13(23)24)20-16(27)18(2)17(28)22-10-5-3-4-6-12(10)29-18/h3-6,9,11H,7-8H2,1-2H3,(H2,19,25)(H,20,27)(H,21,26)(H,22,28)(H,23,24)/t9-,11+,18?/m0/s1. The number of aliphatic carboxylic acids is 1. The average Bonchev–Trinajstić information content (AvgIpc) is 2.65. The Bertz CT molecular complexity index is 861. The number of amides is 4. The molecule has 0 radical (unpaired) electrons. The van der Waals surface area contributed by atoms with Gasteiger partial charge in [-0.3, -0.25) is 24.0 Å². The van der Waals surface area contributed by atoms with E-state index >= 15 is 0 Å². The Kier molecular flexibility index (Phi) is 6.85. The van der Waals surface area contributed by atoms with Crippen molar-refractivity contribution in [2.75, 3.05) is 5.32 Å². The van der Waals surface area contributed by atoms with Gasteiger partial charge < -0.3 is 26.8 Å². The molecular weight excluding hydrogens is 400 g/mol. The van der Waals surface area contributed by atoms with E-state index in [-0.39, 0.29) is 12.8 Å². The Hall–Kier alpha value is -3.08. The van der Waals surface area contributed by atoms with Crippen molar-refractivity contribution in [1.82, 2.24) is 10.6 Å². The van der Waals surface area contributed by atoms with Gasteiger partial charge in [-0.2, -0.15) is 0 Å². The second-order valence-electron chi connectivity index (χ2n) is 6.68. The van der Waals surface area contributed by atoms with Gasteiger partial charge in [-0.15, -0.1) is 0 Å². The van der Waals surface area contributed by atoms with Crippen LogP contribution in [-0.2, 0) is 24.0 Å². The zero-order valence-electron chi connectivity index (χ0n) is 15.9. The first kappa shape index (κ1) is 22.2. The van der Waals surface area contributed by atoms with Crippen molar-refractivity contribution in [3.63, 3.8) is 0 Å². The summed E-state index contributed by atoms with van der Waals surface area (Å²) in [5.41, 5.74) is 5.78. The monoisotopic (exact) mass is 422 g/mol. The van der Waals surface area contributed by atoms with Crippen LogP contribution in [0.4, 0.5) is 5.69 Å². The maximum atomic E-state index is 12.7. The summed E-state index contributed by atoms with van der Waals surface area (Å²) in [6.07, 6.45) is -0.535. The minimum Gasteiger partial charge on any atom is -0.481 e. The topological polar surface area (TPSA) is 168 Å². The van der Waals surface area contributed by atoms with Crippen LogP contribution in [0, 0.1) is 0 Å². The molecule has 4 amide bonds. The number of rotatable bonds is 8. The van der Waals surface area contributed by atoms with Crippen LogP contribution >= 0.6 is 11.8 Å². The third-order valence-corrected chi connectivity index (χ3v) is 5.72. The van der Waals surface area contributed by atoms with E-state index in [0.29, 0.717) is 10.6 Å². The molecule has 1 aromatic rings. The molecule has 6 N–H and O–H groups in total. The number of thioether (sulfide) groups is 1. The van der Waals surface area contributed by atoms with E-state index in [4.69, 9.17) is 10.8 Å². The van der Waals surface area contributed by atoms with Gasteiger partial charge in [-0.1, -0.05) is 23.9 Å². The van der Waals surface area contributed by atoms with E-state index in [1.165, 1.54) is 13.8 Å². The molecule has 0 saturated carbocycles. The minimum atomic E-state index is -1.50. The zero-order chi connectivity index (χ0) is 21.8. The molecule has 0 aromatic heterocycles. The first-order valence-corrected chi connectivity index (χ1v) is 9.58. The molecule has 1 aliphatic heterocycles. The number of carboxylic acid groups (broad SMARTS) is 1. The number of hydrogen-bond acceptors (Lipinski definition) is 6. The fourth-order valence-corrected chi connectivity index (χ4v) is 3.68. The predicted octanol–water partition coefficient (Wildman–Crippen LogP) is -0.171. The van der Waals surface area contributed by atoms with E-state index < -0.39 is 46.4 Å². The second-order valence-corrected chi connectivity index (χ2v) is 8.14. The summed E-state index contributed by atoms with van der Waals surface area (Å²) in [6.45, 7) is 2.83. The number of hydrogen-bond donors (Lipinski definition) is 5. The highest BCUT2D eigenvalue weighted by atomic mass is 32.2. The summed E-state index contributed by atoms with van der Waals surface area (Å²) in [6, 6.07) is 4.74. The van der Waals surface area contributed by atoms with E-state index in [1.807, 2.05) is 0 Å². The molecule has 1 aliphatic rings. The van der Waals surface area contributed by atoms with Crippen LogP contribution in [0.3, 0.4) is 0 Å². The molecule has 3 atom stereocenters. The number of carbonyl (C=O) groups is 5. The first-order chi connectivity index (χ1) is 13.5. The molecule has 156 valence electrons. The van der Waals surface area contributed by atoms with Crippen molar-refractivity contribution >= 4 is 47.0 Å². The number of carbonyl (C=O) groups excluding carboxylic acids is 4. The van der Waals surface area contributed by atoms with Gasteiger partial charge in [-0.05, 0) is 32.4 Å². The molecule has 2 rings (SSSR count). The molecule has 0 spiro atoms. The van der Waals surface area contributed by atoms with Crippen LogP contribution < -0.4 is 21.7 Å². The number of nitrogens with one attached hydrogen (secondary N) is 3. The lowest BCUT2D eigenvalue weighted by molar-refractivity contribution is -0.137. The smallest absolute Gasteiger partial charge is 0.303 e. The molecule has 1 aromatic carbocycles. The van der Waals surface area contributed by atoms with Crippen molar-refractivity contribution < 1.29 is 29.1 Å². The summed E-state index contributed by atoms with van der Waals surface area (Å²) in [5, 5.41) is 16.2. The highest BCUT2D eigenvalue weighted by molar-refractivity contribution is 8.02. The number of benzene rings is 1. The Morgan fingerprint density at radius 3 is 2.52 bits per heavy atom. The summed E-state index contributed by atoms with van der Waals surface area (Å²) in [7, 11) is 0. The molecule has 0 bridgehead atoms. The molecule has 1 unspecified atom stereocenters. The molecule has 29 heavy (non-hydrogen) atoms. The zero-order valence-corrected chi connectivity index (χ0v) is 16.7. The lowest BCUT2D eigenvalue weighted by atomic mass is 10.1. The summed E-state index contributed by atoms with van der Waals surface area (Å²) >= 11 is 1.06. The third-order valence-electron chi connectivity index (χ3n) is 4.36. The van der Waals surface area contributed by atoms with Crippen molar-refractivity contribution in [3.05, 3.63) is 24.3 Å². The van der Waals surface area contributed by atoms with Gasteiger partial charge in [0.15, 0.2) is 4.75 Å². The predicted molar refractivity (Wildman–Crippen MR) is 105 cm³/mol. The van der Waals surface area contributed by atoms with Crippen LogP contribution in [0.1, 0.15) is 26.7 Å². The van der Waals surface area contributed by atoms with E-state index in [9.17, 15) is 24.0 Å². The quantitative estimate of drug-likeness (QED) is 0.362. The molecular formula is C18H22N4O6S. The maximum Gasteiger partial charge on any atom is 0.303 e. The van der Waals surface area contributed by atoms with Gasteiger partial charge in [0, 0.05) is 11.3 Å². The lowest BCUT2D eigenvalue weighted by Gasteiger charge is -2.32. The summed E-state index contributed by atoms with van der Waals surface area (Å²) < 4.78 is -1.50. The van der Waals surface area contributed by atoms with E-state index in [0.717, 1.165) is 11.8 Å². The van der Waals surface area contributed by atoms with Crippen LogP contribution in [-0.4, -0.2) is 51.5 Å². The Labute approximate surface area is 171 Å². The molecule has 0 saturated heterocycles. The Balaban J connectivity index is 2.03. The number of para-hydroxylation sites is 1. The largest absolute Gasteiger partial charge is 0.481 e. The second kappa shape index (κ2) is 8.95. The SMILES string of the molecule is C[C@H](NC(=O)C1(C)Sc2ccccc2NC1=O)C(=O)N[C@H](CCC(=O)O)C(N)=O. The number of nitrogens with two attached hydrogens (primary N) is 1. The molecule has 11 heteroatoms. The van der Waals surface area contributed by atoms with Gasteiger partial charge in [0.1, 0.15) is 12.1 Å². The molecule has 0 fully saturated rings. The number of carboxylic acids is 1. The minimum absolute atomic E-state index is 0.177. The first-order valence-electron chi connectivity index (χ1n) is 8.76. The van der Waals surface area contributed by atoms with Gasteiger partial charge in [0.2, 0.25) is 23.6 Å². The maximum absolute atomic E-state index is 12.7. The lowest BCUT2D eigenvalue weighted by Crippen LogP contribution is -2.58. The Morgan fingerprint density at radius 1 is 1.24 bits per heavy atom. The Morgan fingerprint density at radius 2 is 1.90 bits per heavy atom. The number of anilines is 1. The highest BCUT2D eigenvalue weighted by Gasteiger charge is 2.46. The van der Waals surface area contributed by atoms with Crippen molar-refractivity contribution in [2.45, 2.75) is 48.4 Å². The van der Waals surface area contributed by atoms with E-state index in [1.54, 1.807) is 24.3 Å². The van der Waals surface area contributed by atoms with Crippen LogP contribution in [0.2, 0.25) is 0 Å². The fraction of sp³-hybridized carbons (Fsp3) is 0.389. The van der Waals surface area contributed by atoms with Crippen molar-refractivity contribution in [2.24, 2.45) is 5.73 Å². The van der Waals surface area contributed by atoms with E-state index in [2.05, 4.69) is 16.0 Å². The molecule has 10 nitrogen and oxygen atoms in total. The molecule has 0 aliphatic carbocycles. The normalized spacial score (nSPS) is 19.9. The summed E-state index contributed by atoms with van der Waals surface area (Å²) in [5.74, 6) is -3.96. The van der Waals surface area contributed by atoms with Gasteiger partial charge in [0.25, 0.3) is 0 Å². The molecule has 1 heterocycles. The fourth-order valence-electron chi connectivity index (χ4n) is 2.57. The van der Waals surface area contributed by atoms with Gasteiger partial charge in [0.05, 0.1) is 5.69 Å². The van der Waals surface area contributed by atoms with Crippen LogP contribution in [0.5, 0.6) is 0 Å². The third kappa shape index (κ3) is 5.25. The average molecular weight is 422 g/mol. The van der Waals surface area contributed by atoms with Crippen LogP contribution in [0.15, 0.2) is 29.2 Å². The highest BCUT2D eigenvalue weighted by Crippen LogP contribution is 2.42. The van der Waals surface area contributed by atoms with Gasteiger partial charge >= 0.3 is 5.97 Å². The van der Waals surface area contributed by atoms with Crippen molar-refractivity contribution in [1.29, 1.82) is 0 Å². The summed E-state index contributed by atoms with van der Waals surface area (Å²) in [4.78, 5) is 60.3. The van der Waals surface area contributed by atoms with Crippen LogP contribution in [0.25, 0.3) is 0 Å².